The Balaban J connectivity index is 1.82. The maximum atomic E-state index is 12.4. The average molecular weight is 340 g/mol. The third-order valence-corrected chi connectivity index (χ3v) is 5.14. The lowest BCUT2D eigenvalue weighted by atomic mass is 9.99. The van der Waals surface area contributed by atoms with Gasteiger partial charge in [0.2, 0.25) is 11.0 Å². The molecule has 5 nitrogen and oxygen atoms in total. The van der Waals surface area contributed by atoms with Crippen LogP contribution < -0.4 is 5.32 Å². The van der Waals surface area contributed by atoms with Crippen molar-refractivity contribution < 1.29 is 4.79 Å². The smallest absolute Gasteiger partial charge is 0.230 e. The molecule has 0 aliphatic heterocycles. The Morgan fingerprint density at radius 2 is 1.96 bits per heavy atom. The molecule has 0 spiro atoms. The number of anilines is 1. The summed E-state index contributed by atoms with van der Waals surface area (Å²) in [6.45, 7) is 8.10. The molecule has 6 heteroatoms. The minimum absolute atomic E-state index is 0.0928. The zero-order valence-corrected chi connectivity index (χ0v) is 15.1. The number of carbonyl (C=O) groups excluding carboxylic acids is 1. The molecule has 1 aromatic carbocycles. The number of aromatic nitrogens is 3. The summed E-state index contributed by atoms with van der Waals surface area (Å²) in [4.78, 5) is 17.0. The standard InChI is InChI=1S/C18H20N4OS/c1-10(2)17-21-22-18(24-17)20-16(23)9-14-11(3)13-7-5-6-8-15(13)19-12(14)4/h5-8,10H,9H2,1-4H3,(H,20,22,23). The van der Waals surface area contributed by atoms with Gasteiger partial charge in [-0.15, -0.1) is 10.2 Å². The molecule has 3 aromatic rings. The van der Waals surface area contributed by atoms with Crippen molar-refractivity contribution in [3.05, 3.63) is 46.1 Å². The molecule has 1 N–H and O–H groups in total. The lowest BCUT2D eigenvalue weighted by Gasteiger charge is -2.12. The fraction of sp³-hybridized carbons (Fsp3) is 0.333. The number of nitrogens with zero attached hydrogens (tertiary/aromatic N) is 3. The van der Waals surface area contributed by atoms with Gasteiger partial charge >= 0.3 is 0 Å². The van der Waals surface area contributed by atoms with E-state index in [-0.39, 0.29) is 12.3 Å². The first-order chi connectivity index (χ1) is 11.5. The number of pyridine rings is 1. The molecule has 0 radical (unpaired) electrons. The van der Waals surface area contributed by atoms with Crippen LogP contribution in [0.3, 0.4) is 0 Å². The Bertz CT molecular complexity index is 901. The minimum atomic E-state index is -0.0928. The Kier molecular flexibility index (Phi) is 4.57. The van der Waals surface area contributed by atoms with Crippen molar-refractivity contribution in [3.8, 4) is 0 Å². The van der Waals surface area contributed by atoms with Gasteiger partial charge in [0.25, 0.3) is 0 Å². The topological polar surface area (TPSA) is 67.8 Å². The first-order valence-corrected chi connectivity index (χ1v) is 8.75. The number of carbonyl (C=O) groups is 1. The van der Waals surface area contributed by atoms with Crippen molar-refractivity contribution in [3.63, 3.8) is 0 Å². The number of nitrogens with one attached hydrogen (secondary N) is 1. The third-order valence-electron chi connectivity index (χ3n) is 4.00. The fourth-order valence-electron chi connectivity index (χ4n) is 2.67. The molecule has 0 saturated carbocycles. The summed E-state index contributed by atoms with van der Waals surface area (Å²) in [6.07, 6.45) is 0.284. The van der Waals surface area contributed by atoms with E-state index in [1.165, 1.54) is 11.3 Å². The zero-order valence-electron chi connectivity index (χ0n) is 14.3. The van der Waals surface area contributed by atoms with E-state index in [1.807, 2.05) is 38.1 Å². The molecule has 0 aliphatic carbocycles. The second-order valence-electron chi connectivity index (χ2n) is 6.14. The molecule has 0 aliphatic rings. The van der Waals surface area contributed by atoms with Crippen molar-refractivity contribution in [1.82, 2.24) is 15.2 Å². The van der Waals surface area contributed by atoms with E-state index < -0.39 is 0 Å². The van der Waals surface area contributed by atoms with E-state index in [0.717, 1.165) is 32.7 Å². The number of benzene rings is 1. The summed E-state index contributed by atoms with van der Waals surface area (Å²) >= 11 is 1.42. The molecule has 3 rings (SSSR count). The average Bonchev–Trinajstić information content (AvgIpc) is 3.00. The lowest BCUT2D eigenvalue weighted by Crippen LogP contribution is -2.16. The molecular formula is C18H20N4OS. The van der Waals surface area contributed by atoms with Gasteiger partial charge in [0.1, 0.15) is 5.01 Å². The van der Waals surface area contributed by atoms with Crippen LogP contribution in [0.1, 0.15) is 41.6 Å². The van der Waals surface area contributed by atoms with Crippen molar-refractivity contribution in [2.75, 3.05) is 5.32 Å². The molecule has 0 saturated heterocycles. The predicted octanol–water partition coefficient (Wildman–Crippen LogP) is 4.01. The Hall–Kier alpha value is -2.34. The highest BCUT2D eigenvalue weighted by Crippen LogP contribution is 2.25. The molecule has 0 atom stereocenters. The number of fused-ring (bicyclic) bond motifs is 1. The van der Waals surface area contributed by atoms with Gasteiger partial charge in [-0.1, -0.05) is 43.4 Å². The Labute approximate surface area is 145 Å². The van der Waals surface area contributed by atoms with Crippen molar-refractivity contribution in [2.45, 2.75) is 40.0 Å². The normalized spacial score (nSPS) is 11.2. The van der Waals surface area contributed by atoms with Crippen LogP contribution in [-0.4, -0.2) is 21.1 Å². The fourth-order valence-corrected chi connectivity index (χ4v) is 3.44. The number of aryl methyl sites for hydroxylation is 2. The second-order valence-corrected chi connectivity index (χ2v) is 7.15. The van der Waals surface area contributed by atoms with Crippen LogP contribution in [0.4, 0.5) is 5.13 Å². The van der Waals surface area contributed by atoms with Crippen molar-refractivity contribution in [1.29, 1.82) is 0 Å². The van der Waals surface area contributed by atoms with E-state index in [0.29, 0.717) is 11.0 Å². The van der Waals surface area contributed by atoms with Gasteiger partial charge in [0, 0.05) is 17.0 Å². The molecule has 2 heterocycles. The quantitative estimate of drug-likeness (QED) is 0.779. The van der Waals surface area contributed by atoms with E-state index in [4.69, 9.17) is 0 Å². The third kappa shape index (κ3) is 3.28. The monoisotopic (exact) mass is 340 g/mol. The van der Waals surface area contributed by atoms with Crippen LogP contribution >= 0.6 is 11.3 Å². The maximum Gasteiger partial charge on any atom is 0.230 e. The number of hydrogen-bond donors (Lipinski definition) is 1. The number of amides is 1. The van der Waals surface area contributed by atoms with Crippen molar-refractivity contribution >= 4 is 33.3 Å². The summed E-state index contributed by atoms with van der Waals surface area (Å²) in [7, 11) is 0. The van der Waals surface area contributed by atoms with E-state index in [9.17, 15) is 4.79 Å². The molecule has 124 valence electrons. The highest BCUT2D eigenvalue weighted by Gasteiger charge is 2.15. The lowest BCUT2D eigenvalue weighted by molar-refractivity contribution is -0.115. The summed E-state index contributed by atoms with van der Waals surface area (Å²) in [6, 6.07) is 8.00. The first-order valence-electron chi connectivity index (χ1n) is 7.93. The zero-order chi connectivity index (χ0) is 17.3. The summed E-state index contributed by atoms with van der Waals surface area (Å²) in [5.41, 5.74) is 3.93. The van der Waals surface area contributed by atoms with Gasteiger partial charge in [0.05, 0.1) is 11.9 Å². The highest BCUT2D eigenvalue weighted by molar-refractivity contribution is 7.15. The Morgan fingerprint density at radius 3 is 2.67 bits per heavy atom. The van der Waals surface area contributed by atoms with Gasteiger partial charge in [-0.25, -0.2) is 0 Å². The predicted molar refractivity (Wildman–Crippen MR) is 97.5 cm³/mol. The van der Waals surface area contributed by atoms with Crippen LogP contribution in [0.5, 0.6) is 0 Å². The van der Waals surface area contributed by atoms with Gasteiger partial charge in [-0.05, 0) is 31.0 Å². The van der Waals surface area contributed by atoms with Crippen LogP contribution in [0.25, 0.3) is 10.9 Å². The summed E-state index contributed by atoms with van der Waals surface area (Å²) in [5.74, 6) is 0.215. The SMILES string of the molecule is Cc1nc2ccccc2c(C)c1CC(=O)Nc1nnc(C(C)C)s1. The largest absolute Gasteiger partial charge is 0.300 e. The molecule has 0 unspecified atom stereocenters. The summed E-state index contributed by atoms with van der Waals surface area (Å²) < 4.78 is 0. The molecule has 0 bridgehead atoms. The van der Waals surface area contributed by atoms with Gasteiger partial charge in [-0.3, -0.25) is 9.78 Å². The molecular weight excluding hydrogens is 320 g/mol. The molecule has 24 heavy (non-hydrogen) atoms. The van der Waals surface area contributed by atoms with Gasteiger partial charge in [0.15, 0.2) is 0 Å². The van der Waals surface area contributed by atoms with Crippen LogP contribution in [0, 0.1) is 13.8 Å². The number of para-hydroxylation sites is 1. The van der Waals surface area contributed by atoms with Crippen LogP contribution in [0.15, 0.2) is 24.3 Å². The minimum Gasteiger partial charge on any atom is -0.300 e. The number of hydrogen-bond acceptors (Lipinski definition) is 5. The van der Waals surface area contributed by atoms with Gasteiger partial charge < -0.3 is 5.32 Å². The summed E-state index contributed by atoms with van der Waals surface area (Å²) in [5, 5.41) is 13.5. The molecule has 1 amide bonds. The van der Waals surface area contributed by atoms with Crippen LogP contribution in [0.2, 0.25) is 0 Å². The van der Waals surface area contributed by atoms with Crippen molar-refractivity contribution in [2.24, 2.45) is 0 Å². The highest BCUT2D eigenvalue weighted by atomic mass is 32.1. The van der Waals surface area contributed by atoms with E-state index >= 15 is 0 Å². The molecule has 2 aromatic heterocycles. The number of rotatable bonds is 4. The molecule has 0 fully saturated rings. The van der Waals surface area contributed by atoms with Gasteiger partial charge in [-0.2, -0.15) is 0 Å². The van der Waals surface area contributed by atoms with Crippen LogP contribution in [-0.2, 0) is 11.2 Å². The maximum absolute atomic E-state index is 12.4. The Morgan fingerprint density at radius 1 is 1.21 bits per heavy atom. The van der Waals surface area contributed by atoms with E-state index in [2.05, 4.69) is 34.3 Å². The van der Waals surface area contributed by atoms with E-state index in [1.54, 1.807) is 0 Å². The second kappa shape index (κ2) is 6.65. The first kappa shape index (κ1) is 16.5.